The molecule has 4 aromatic rings. The van der Waals surface area contributed by atoms with Crippen molar-refractivity contribution in [1.82, 2.24) is 9.97 Å². The predicted octanol–water partition coefficient (Wildman–Crippen LogP) is 4.77. The average Bonchev–Trinajstić information content (AvgIpc) is 3.38. The summed E-state index contributed by atoms with van der Waals surface area (Å²) in [6, 6.07) is 11.7. The number of sulfonamides is 1. The van der Waals surface area contributed by atoms with Gasteiger partial charge in [-0.1, -0.05) is 0 Å². The molecule has 0 aliphatic carbocycles. The third-order valence-electron chi connectivity index (χ3n) is 4.17. The Bertz CT molecular complexity index is 1320. The van der Waals surface area contributed by atoms with Crippen molar-refractivity contribution in [3.8, 4) is 10.6 Å². The molecule has 2 aromatic carbocycles. The molecular formula is C20H15FN4O3S3. The smallest absolute Gasteiger partial charge is 0.267 e. The molecule has 0 unspecified atom stereocenters. The normalized spacial score (nSPS) is 11.3. The van der Waals surface area contributed by atoms with Crippen LogP contribution in [0.15, 0.2) is 65.0 Å². The number of nitrogens with zero attached hydrogens (tertiary/aromatic N) is 2. The molecule has 11 heteroatoms. The summed E-state index contributed by atoms with van der Waals surface area (Å²) in [5.41, 5.74) is 1.71. The first kappa shape index (κ1) is 21.1. The van der Waals surface area contributed by atoms with E-state index < -0.39 is 10.0 Å². The lowest BCUT2D eigenvalue weighted by Crippen LogP contribution is -2.14. The highest BCUT2D eigenvalue weighted by Crippen LogP contribution is 2.29. The molecule has 0 saturated carbocycles. The Balaban J connectivity index is 1.48. The molecular weight excluding hydrogens is 459 g/mol. The molecule has 31 heavy (non-hydrogen) atoms. The van der Waals surface area contributed by atoms with Crippen LogP contribution in [-0.2, 0) is 10.0 Å². The van der Waals surface area contributed by atoms with Gasteiger partial charge in [0, 0.05) is 22.8 Å². The van der Waals surface area contributed by atoms with E-state index in [1.165, 1.54) is 65.3 Å². The number of nitrogens with one attached hydrogen (secondary N) is 2. The molecule has 0 saturated heterocycles. The van der Waals surface area contributed by atoms with Crippen molar-refractivity contribution in [1.29, 1.82) is 0 Å². The van der Waals surface area contributed by atoms with E-state index >= 15 is 0 Å². The molecule has 0 atom stereocenters. The fourth-order valence-electron chi connectivity index (χ4n) is 2.68. The number of carbonyl (C=O) groups excluding carboxylic acids is 1. The summed E-state index contributed by atoms with van der Waals surface area (Å²) < 4.78 is 40.3. The van der Waals surface area contributed by atoms with Crippen molar-refractivity contribution in [2.75, 3.05) is 10.0 Å². The van der Waals surface area contributed by atoms with Crippen LogP contribution in [0.3, 0.4) is 0 Å². The first-order valence-electron chi connectivity index (χ1n) is 8.89. The van der Waals surface area contributed by atoms with Crippen LogP contribution in [0, 0.1) is 12.7 Å². The maximum Gasteiger partial charge on any atom is 0.267 e. The zero-order chi connectivity index (χ0) is 22.0. The van der Waals surface area contributed by atoms with E-state index in [9.17, 15) is 17.6 Å². The molecule has 2 heterocycles. The van der Waals surface area contributed by atoms with Crippen molar-refractivity contribution in [2.45, 2.75) is 11.8 Å². The number of rotatable bonds is 6. The maximum absolute atomic E-state index is 13.1. The standard InChI is InChI=1S/C20H15FN4O3S3/c1-12-17(30-19(23-12)13-2-4-14(21)5-3-13)18(26)24-15-6-8-16(9-7-15)31(27,28)25-20-22-10-11-29-20/h2-11H,1H3,(H,22,25)(H,24,26). The highest BCUT2D eigenvalue weighted by molar-refractivity contribution is 7.93. The van der Waals surface area contributed by atoms with E-state index in [2.05, 4.69) is 20.0 Å². The predicted molar refractivity (Wildman–Crippen MR) is 120 cm³/mol. The Hall–Kier alpha value is -3.15. The third kappa shape index (κ3) is 4.79. The van der Waals surface area contributed by atoms with Crippen LogP contribution >= 0.6 is 22.7 Å². The quantitative estimate of drug-likeness (QED) is 0.419. The summed E-state index contributed by atoms with van der Waals surface area (Å²) in [5, 5.41) is 5.29. The lowest BCUT2D eigenvalue weighted by Gasteiger charge is -2.07. The number of aromatic nitrogens is 2. The largest absolute Gasteiger partial charge is 0.321 e. The minimum Gasteiger partial charge on any atom is -0.321 e. The molecule has 1 amide bonds. The third-order valence-corrected chi connectivity index (χ3v) is 7.55. The van der Waals surface area contributed by atoms with Crippen molar-refractivity contribution in [3.63, 3.8) is 0 Å². The summed E-state index contributed by atoms with van der Waals surface area (Å²) in [5.74, 6) is -0.706. The van der Waals surface area contributed by atoms with Crippen molar-refractivity contribution in [3.05, 3.63) is 76.5 Å². The number of benzene rings is 2. The summed E-state index contributed by atoms with van der Waals surface area (Å²) in [6.07, 6.45) is 1.50. The summed E-state index contributed by atoms with van der Waals surface area (Å²) in [4.78, 5) is 21.5. The molecule has 0 aliphatic rings. The molecule has 158 valence electrons. The van der Waals surface area contributed by atoms with Gasteiger partial charge in [-0.2, -0.15) is 0 Å². The van der Waals surface area contributed by atoms with Crippen LogP contribution in [0.25, 0.3) is 10.6 Å². The van der Waals surface area contributed by atoms with Crippen molar-refractivity contribution < 1.29 is 17.6 Å². The average molecular weight is 475 g/mol. The van der Waals surface area contributed by atoms with E-state index in [1.807, 2.05) is 0 Å². The molecule has 0 bridgehead atoms. The van der Waals surface area contributed by atoms with Crippen molar-refractivity contribution >= 4 is 49.4 Å². The second kappa shape index (κ2) is 8.53. The minimum absolute atomic E-state index is 0.0493. The second-order valence-corrected chi connectivity index (χ2v) is 9.94. The SMILES string of the molecule is Cc1nc(-c2ccc(F)cc2)sc1C(=O)Nc1ccc(S(=O)(=O)Nc2nccs2)cc1. The summed E-state index contributed by atoms with van der Waals surface area (Å²) in [6.45, 7) is 1.72. The lowest BCUT2D eigenvalue weighted by atomic mass is 10.2. The molecule has 0 spiro atoms. The minimum atomic E-state index is -3.77. The number of hydrogen-bond acceptors (Lipinski definition) is 7. The van der Waals surface area contributed by atoms with E-state index in [0.717, 1.165) is 5.56 Å². The van der Waals surface area contributed by atoms with Gasteiger partial charge in [0.1, 0.15) is 15.7 Å². The van der Waals surface area contributed by atoms with Crippen LogP contribution in [0.2, 0.25) is 0 Å². The van der Waals surface area contributed by atoms with Gasteiger partial charge in [0.05, 0.1) is 10.6 Å². The van der Waals surface area contributed by atoms with Gasteiger partial charge in [-0.05, 0) is 55.5 Å². The number of aryl methyl sites for hydroxylation is 1. The molecule has 7 nitrogen and oxygen atoms in total. The van der Waals surface area contributed by atoms with Gasteiger partial charge in [-0.3, -0.25) is 9.52 Å². The number of carbonyl (C=O) groups is 1. The fourth-order valence-corrected chi connectivity index (χ4v) is 5.43. The van der Waals surface area contributed by atoms with E-state index in [0.29, 0.717) is 21.3 Å². The zero-order valence-electron chi connectivity index (χ0n) is 16.0. The Labute approximate surface area is 185 Å². The van der Waals surface area contributed by atoms with E-state index in [-0.39, 0.29) is 21.8 Å². The van der Waals surface area contributed by atoms with Crippen LogP contribution < -0.4 is 10.0 Å². The van der Waals surface area contributed by atoms with Crippen LogP contribution in [0.5, 0.6) is 0 Å². The lowest BCUT2D eigenvalue weighted by molar-refractivity contribution is 0.103. The van der Waals surface area contributed by atoms with Crippen LogP contribution in [0.4, 0.5) is 15.2 Å². The molecule has 4 rings (SSSR count). The molecule has 2 aromatic heterocycles. The summed E-state index contributed by atoms with van der Waals surface area (Å²) >= 11 is 2.37. The highest BCUT2D eigenvalue weighted by Gasteiger charge is 2.18. The topological polar surface area (TPSA) is 101 Å². The molecule has 0 aliphatic heterocycles. The van der Waals surface area contributed by atoms with Gasteiger partial charge in [0.2, 0.25) is 0 Å². The zero-order valence-corrected chi connectivity index (χ0v) is 18.4. The number of anilines is 2. The van der Waals surface area contributed by atoms with Gasteiger partial charge in [-0.25, -0.2) is 22.8 Å². The van der Waals surface area contributed by atoms with Gasteiger partial charge >= 0.3 is 0 Å². The molecule has 0 radical (unpaired) electrons. The number of hydrogen-bond donors (Lipinski definition) is 2. The Morgan fingerprint density at radius 1 is 1.06 bits per heavy atom. The molecule has 0 fully saturated rings. The maximum atomic E-state index is 13.1. The number of amides is 1. The summed E-state index contributed by atoms with van der Waals surface area (Å²) in [7, 11) is -3.77. The fraction of sp³-hybridized carbons (Fsp3) is 0.0500. The van der Waals surface area contributed by atoms with E-state index in [4.69, 9.17) is 0 Å². The van der Waals surface area contributed by atoms with Crippen molar-refractivity contribution in [2.24, 2.45) is 0 Å². The number of thiazole rings is 2. The van der Waals surface area contributed by atoms with Crippen LogP contribution in [-0.4, -0.2) is 24.3 Å². The second-order valence-electron chi connectivity index (χ2n) is 6.36. The van der Waals surface area contributed by atoms with E-state index in [1.54, 1.807) is 24.4 Å². The molecule has 2 N–H and O–H groups in total. The Morgan fingerprint density at radius 3 is 2.42 bits per heavy atom. The van der Waals surface area contributed by atoms with Gasteiger partial charge in [0.15, 0.2) is 5.13 Å². The number of halogens is 1. The van der Waals surface area contributed by atoms with Gasteiger partial charge in [-0.15, -0.1) is 22.7 Å². The monoisotopic (exact) mass is 474 g/mol. The Morgan fingerprint density at radius 2 is 1.77 bits per heavy atom. The first-order chi connectivity index (χ1) is 14.8. The van der Waals surface area contributed by atoms with Gasteiger partial charge < -0.3 is 5.32 Å². The van der Waals surface area contributed by atoms with Gasteiger partial charge in [0.25, 0.3) is 15.9 Å². The first-order valence-corrected chi connectivity index (χ1v) is 12.1. The highest BCUT2D eigenvalue weighted by atomic mass is 32.2. The Kier molecular flexibility index (Phi) is 5.81. The van der Waals surface area contributed by atoms with Crippen LogP contribution in [0.1, 0.15) is 15.4 Å².